The normalized spacial score (nSPS) is 13.2. The minimum atomic E-state index is -0.397. The maximum absolute atomic E-state index is 13.2. The summed E-state index contributed by atoms with van der Waals surface area (Å²) in [7, 11) is 1.42. The molecule has 2 heterocycles. The van der Waals surface area contributed by atoms with Crippen molar-refractivity contribution in [3.05, 3.63) is 82.4 Å². The van der Waals surface area contributed by atoms with Crippen LogP contribution < -0.4 is 5.32 Å². The number of carbonyl (C=O) groups is 3. The van der Waals surface area contributed by atoms with E-state index in [1.807, 2.05) is 13.8 Å². The topological polar surface area (TPSA) is 84.3 Å². The maximum atomic E-state index is 13.2. The van der Waals surface area contributed by atoms with Crippen molar-refractivity contribution < 1.29 is 18.8 Å². The van der Waals surface area contributed by atoms with Gasteiger partial charge in [-0.2, -0.15) is 5.10 Å². The molecule has 0 atom stereocenters. The second kappa shape index (κ2) is 7.64. The van der Waals surface area contributed by atoms with Gasteiger partial charge in [-0.25, -0.2) is 9.07 Å². The first-order chi connectivity index (χ1) is 14.8. The molecule has 0 saturated heterocycles. The number of fused-ring (bicyclic) bond motifs is 1. The summed E-state index contributed by atoms with van der Waals surface area (Å²) >= 11 is 0. The number of aryl methyl sites for hydroxylation is 1. The molecule has 3 aromatic rings. The van der Waals surface area contributed by atoms with Gasteiger partial charge in [-0.1, -0.05) is 0 Å². The Labute approximate surface area is 177 Å². The molecule has 7 nitrogen and oxygen atoms in total. The number of nitrogens with zero attached hydrogens (tertiary/aromatic N) is 3. The summed E-state index contributed by atoms with van der Waals surface area (Å²) in [5, 5.41) is 7.17. The molecule has 0 radical (unpaired) electrons. The third-order valence-electron chi connectivity index (χ3n) is 5.18. The number of amides is 3. The Kier molecular flexibility index (Phi) is 4.98. The Morgan fingerprint density at radius 2 is 1.71 bits per heavy atom. The number of imide groups is 1. The highest BCUT2D eigenvalue weighted by Gasteiger charge is 2.32. The lowest BCUT2D eigenvalue weighted by Crippen LogP contribution is -2.24. The smallest absolute Gasteiger partial charge is 0.261 e. The minimum absolute atomic E-state index is 0.265. The summed E-state index contributed by atoms with van der Waals surface area (Å²) in [6, 6.07) is 10.6. The highest BCUT2D eigenvalue weighted by Crippen LogP contribution is 2.25. The third kappa shape index (κ3) is 3.63. The fourth-order valence-electron chi connectivity index (χ4n) is 3.51. The second-order valence-electron chi connectivity index (χ2n) is 7.22. The molecule has 1 aliphatic heterocycles. The van der Waals surface area contributed by atoms with Crippen LogP contribution in [0.3, 0.4) is 0 Å². The molecule has 0 aliphatic carbocycles. The van der Waals surface area contributed by atoms with Crippen LogP contribution in [0.25, 0.3) is 11.8 Å². The molecule has 3 amide bonds. The largest absolute Gasteiger partial charge is 0.322 e. The van der Waals surface area contributed by atoms with Gasteiger partial charge in [-0.3, -0.25) is 19.3 Å². The monoisotopic (exact) mass is 418 g/mol. The number of carbonyl (C=O) groups excluding carboxylic acids is 3. The standard InChI is InChI=1S/C23H19FN4O3/c1-13-18(14(2)28(26-13)17-7-4-15(24)5-8-17)10-11-21(29)25-16-6-9-19-20(12-16)23(31)27(3)22(19)30/h4-12H,1-3H3,(H,25,29)/b11-10+. The number of benzene rings is 2. The summed E-state index contributed by atoms with van der Waals surface area (Å²) in [6.45, 7) is 3.69. The van der Waals surface area contributed by atoms with E-state index < -0.39 is 11.8 Å². The zero-order valence-electron chi connectivity index (χ0n) is 17.1. The van der Waals surface area contributed by atoms with Gasteiger partial charge in [-0.05, 0) is 62.4 Å². The first-order valence-electron chi connectivity index (χ1n) is 9.54. The average Bonchev–Trinajstić information content (AvgIpc) is 3.15. The van der Waals surface area contributed by atoms with Gasteiger partial charge >= 0.3 is 0 Å². The van der Waals surface area contributed by atoms with E-state index >= 15 is 0 Å². The molecule has 1 N–H and O–H groups in total. The van der Waals surface area contributed by atoms with Crippen LogP contribution in [-0.2, 0) is 4.79 Å². The van der Waals surface area contributed by atoms with Crippen LogP contribution in [0, 0.1) is 19.7 Å². The molecule has 4 rings (SSSR count). The summed E-state index contributed by atoms with van der Waals surface area (Å²) in [4.78, 5) is 37.5. The SMILES string of the molecule is Cc1nn(-c2ccc(F)cc2)c(C)c1/C=C/C(=O)Nc1ccc2c(c1)C(=O)N(C)C2=O. The Bertz CT molecular complexity index is 1260. The zero-order valence-corrected chi connectivity index (χ0v) is 17.1. The second-order valence-corrected chi connectivity index (χ2v) is 7.22. The fourth-order valence-corrected chi connectivity index (χ4v) is 3.51. The molecule has 0 saturated carbocycles. The molecule has 0 spiro atoms. The lowest BCUT2D eigenvalue weighted by Gasteiger charge is -2.05. The Morgan fingerprint density at radius 1 is 1.03 bits per heavy atom. The van der Waals surface area contributed by atoms with Crippen molar-refractivity contribution in [1.29, 1.82) is 0 Å². The Morgan fingerprint density at radius 3 is 2.42 bits per heavy atom. The first kappa shape index (κ1) is 20.2. The van der Waals surface area contributed by atoms with Gasteiger partial charge in [0.2, 0.25) is 5.91 Å². The van der Waals surface area contributed by atoms with Crippen molar-refractivity contribution in [2.75, 3.05) is 12.4 Å². The molecular weight excluding hydrogens is 399 g/mol. The van der Waals surface area contributed by atoms with Crippen LogP contribution in [0.1, 0.15) is 37.7 Å². The molecular formula is C23H19FN4O3. The number of halogens is 1. The molecule has 0 unspecified atom stereocenters. The van der Waals surface area contributed by atoms with E-state index in [4.69, 9.17) is 0 Å². The molecule has 0 bridgehead atoms. The summed E-state index contributed by atoms with van der Waals surface area (Å²) < 4.78 is 14.9. The van der Waals surface area contributed by atoms with Crippen molar-refractivity contribution >= 4 is 29.5 Å². The molecule has 1 aromatic heterocycles. The van der Waals surface area contributed by atoms with Crippen LogP contribution >= 0.6 is 0 Å². The number of anilines is 1. The molecule has 8 heteroatoms. The average molecular weight is 418 g/mol. The Hall–Kier alpha value is -4.07. The molecule has 156 valence electrons. The van der Waals surface area contributed by atoms with E-state index in [1.54, 1.807) is 29.0 Å². The quantitative estimate of drug-likeness (QED) is 0.519. The van der Waals surface area contributed by atoms with Crippen LogP contribution in [0.5, 0.6) is 0 Å². The van der Waals surface area contributed by atoms with E-state index in [2.05, 4.69) is 10.4 Å². The van der Waals surface area contributed by atoms with Crippen molar-refractivity contribution in [2.24, 2.45) is 0 Å². The molecule has 1 aliphatic rings. The predicted molar refractivity (Wildman–Crippen MR) is 114 cm³/mol. The number of hydrogen-bond acceptors (Lipinski definition) is 4. The van der Waals surface area contributed by atoms with Gasteiger partial charge < -0.3 is 5.32 Å². The van der Waals surface area contributed by atoms with E-state index in [0.717, 1.165) is 21.9 Å². The number of nitrogens with one attached hydrogen (secondary N) is 1. The molecule has 0 fully saturated rings. The zero-order chi connectivity index (χ0) is 22.3. The summed E-state index contributed by atoms with van der Waals surface area (Å²) in [5.41, 5.74) is 4.01. The van der Waals surface area contributed by atoms with Gasteiger partial charge in [0.25, 0.3) is 11.8 Å². The van der Waals surface area contributed by atoms with E-state index in [9.17, 15) is 18.8 Å². The minimum Gasteiger partial charge on any atom is -0.322 e. The highest BCUT2D eigenvalue weighted by molar-refractivity contribution is 6.21. The van der Waals surface area contributed by atoms with Crippen LogP contribution in [0.2, 0.25) is 0 Å². The lowest BCUT2D eigenvalue weighted by atomic mass is 10.1. The van der Waals surface area contributed by atoms with Gasteiger partial charge in [0, 0.05) is 30.1 Å². The van der Waals surface area contributed by atoms with E-state index in [-0.39, 0.29) is 17.3 Å². The predicted octanol–water partition coefficient (Wildman–Crippen LogP) is 3.51. The van der Waals surface area contributed by atoms with Crippen LogP contribution in [-0.4, -0.2) is 39.4 Å². The van der Waals surface area contributed by atoms with Crippen molar-refractivity contribution in [1.82, 2.24) is 14.7 Å². The number of rotatable bonds is 4. The fraction of sp³-hybridized carbons (Fsp3) is 0.130. The Balaban J connectivity index is 1.52. The molecule has 31 heavy (non-hydrogen) atoms. The first-order valence-corrected chi connectivity index (χ1v) is 9.54. The third-order valence-corrected chi connectivity index (χ3v) is 5.18. The number of aromatic nitrogens is 2. The van der Waals surface area contributed by atoms with Gasteiger partial charge in [-0.15, -0.1) is 0 Å². The number of hydrogen-bond donors (Lipinski definition) is 1. The van der Waals surface area contributed by atoms with Gasteiger partial charge in [0.1, 0.15) is 5.82 Å². The van der Waals surface area contributed by atoms with E-state index in [0.29, 0.717) is 16.9 Å². The summed E-state index contributed by atoms with van der Waals surface area (Å²) in [5.74, 6) is -1.47. The van der Waals surface area contributed by atoms with E-state index in [1.165, 1.54) is 37.4 Å². The molecule has 2 aromatic carbocycles. The van der Waals surface area contributed by atoms with Gasteiger partial charge in [0.15, 0.2) is 0 Å². The van der Waals surface area contributed by atoms with Crippen LogP contribution in [0.15, 0.2) is 48.5 Å². The summed E-state index contributed by atoms with van der Waals surface area (Å²) in [6.07, 6.45) is 3.03. The van der Waals surface area contributed by atoms with Gasteiger partial charge in [0.05, 0.1) is 22.5 Å². The highest BCUT2D eigenvalue weighted by atomic mass is 19.1. The van der Waals surface area contributed by atoms with Crippen LogP contribution in [0.4, 0.5) is 10.1 Å². The van der Waals surface area contributed by atoms with Crippen molar-refractivity contribution in [3.8, 4) is 5.69 Å². The van der Waals surface area contributed by atoms with Crippen molar-refractivity contribution in [2.45, 2.75) is 13.8 Å². The lowest BCUT2D eigenvalue weighted by molar-refractivity contribution is -0.111. The van der Waals surface area contributed by atoms with Crippen molar-refractivity contribution in [3.63, 3.8) is 0 Å². The maximum Gasteiger partial charge on any atom is 0.261 e.